The molecule has 1 aromatic heterocycles. The van der Waals surface area contributed by atoms with Crippen molar-refractivity contribution in [2.45, 2.75) is 43.4 Å². The number of hydrogen-bond donors (Lipinski definition) is 2. The standard InChI is InChI=1S/C16H23N5O3S.ClH/c1-12-15(4-3-9-17-12)20-25(22,23)14-7-5-13(6-8-14)24-10-16-18-11-19-21(16)2;/h5-8,11-12,15,17,20H,3-4,9-10H2,1-2H3;1H. The van der Waals surface area contributed by atoms with Crippen molar-refractivity contribution in [2.75, 3.05) is 6.54 Å². The molecule has 2 unspecified atom stereocenters. The molecule has 144 valence electrons. The first-order valence-corrected chi connectivity index (χ1v) is 9.75. The second kappa shape index (κ2) is 8.81. The summed E-state index contributed by atoms with van der Waals surface area (Å²) in [5.41, 5.74) is 0. The lowest BCUT2D eigenvalue weighted by Crippen LogP contribution is -2.51. The number of ether oxygens (including phenoxy) is 1. The molecule has 2 heterocycles. The van der Waals surface area contributed by atoms with Gasteiger partial charge in [0.2, 0.25) is 10.0 Å². The molecule has 0 amide bonds. The molecule has 2 atom stereocenters. The van der Waals surface area contributed by atoms with Gasteiger partial charge in [-0.1, -0.05) is 0 Å². The molecule has 1 saturated heterocycles. The molecule has 1 aliphatic heterocycles. The molecule has 1 aromatic carbocycles. The maximum absolute atomic E-state index is 12.5. The highest BCUT2D eigenvalue weighted by atomic mass is 35.5. The van der Waals surface area contributed by atoms with Crippen molar-refractivity contribution in [1.82, 2.24) is 24.8 Å². The van der Waals surface area contributed by atoms with Gasteiger partial charge >= 0.3 is 0 Å². The Morgan fingerprint density at radius 3 is 2.69 bits per heavy atom. The minimum absolute atomic E-state index is 0. The first kappa shape index (κ1) is 20.6. The summed E-state index contributed by atoms with van der Waals surface area (Å²) < 4.78 is 35.1. The van der Waals surface area contributed by atoms with Gasteiger partial charge in [-0.15, -0.1) is 12.4 Å². The molecular weight excluding hydrogens is 378 g/mol. The normalized spacial score (nSPS) is 20.4. The van der Waals surface area contributed by atoms with Crippen molar-refractivity contribution in [3.8, 4) is 5.75 Å². The molecule has 0 saturated carbocycles. The zero-order valence-electron chi connectivity index (χ0n) is 14.8. The second-order valence-corrected chi connectivity index (χ2v) is 7.89. The predicted octanol–water partition coefficient (Wildman–Crippen LogP) is 1.23. The van der Waals surface area contributed by atoms with Crippen LogP contribution in [0, 0.1) is 0 Å². The molecule has 1 aliphatic rings. The Morgan fingerprint density at radius 2 is 2.08 bits per heavy atom. The first-order chi connectivity index (χ1) is 12.0. The van der Waals surface area contributed by atoms with Crippen molar-refractivity contribution >= 4 is 22.4 Å². The van der Waals surface area contributed by atoms with Gasteiger partial charge in [0.1, 0.15) is 18.7 Å². The Morgan fingerprint density at radius 1 is 1.35 bits per heavy atom. The highest BCUT2D eigenvalue weighted by Crippen LogP contribution is 2.18. The van der Waals surface area contributed by atoms with E-state index < -0.39 is 10.0 Å². The third kappa shape index (κ3) is 4.94. The Balaban J connectivity index is 0.00000243. The number of piperidine rings is 1. The van der Waals surface area contributed by atoms with Crippen LogP contribution in [0.1, 0.15) is 25.6 Å². The summed E-state index contributed by atoms with van der Waals surface area (Å²) >= 11 is 0. The van der Waals surface area contributed by atoms with Crippen molar-refractivity contribution in [3.05, 3.63) is 36.4 Å². The zero-order valence-corrected chi connectivity index (χ0v) is 16.4. The van der Waals surface area contributed by atoms with Crippen LogP contribution in [0.2, 0.25) is 0 Å². The monoisotopic (exact) mass is 401 g/mol. The topological polar surface area (TPSA) is 98.1 Å². The van der Waals surface area contributed by atoms with Gasteiger partial charge in [-0.2, -0.15) is 5.10 Å². The first-order valence-electron chi connectivity index (χ1n) is 8.27. The maximum Gasteiger partial charge on any atom is 0.240 e. The van der Waals surface area contributed by atoms with Gasteiger partial charge in [0.15, 0.2) is 5.82 Å². The van der Waals surface area contributed by atoms with Crippen molar-refractivity contribution in [2.24, 2.45) is 7.05 Å². The molecule has 26 heavy (non-hydrogen) atoms. The Labute approximate surface area is 159 Å². The Bertz CT molecular complexity index is 810. The summed E-state index contributed by atoms with van der Waals surface area (Å²) in [7, 11) is -1.76. The number of nitrogens with zero attached hydrogens (tertiary/aromatic N) is 3. The van der Waals surface area contributed by atoms with Crippen LogP contribution < -0.4 is 14.8 Å². The number of aryl methyl sites for hydroxylation is 1. The summed E-state index contributed by atoms with van der Waals surface area (Å²) in [4.78, 5) is 4.31. The van der Waals surface area contributed by atoms with E-state index in [2.05, 4.69) is 20.1 Å². The molecule has 0 aliphatic carbocycles. The van der Waals surface area contributed by atoms with E-state index in [1.165, 1.54) is 6.33 Å². The van der Waals surface area contributed by atoms with Gasteiger partial charge in [0.25, 0.3) is 0 Å². The van der Waals surface area contributed by atoms with Crippen LogP contribution in [0.5, 0.6) is 5.75 Å². The number of hydrogen-bond acceptors (Lipinski definition) is 6. The van der Waals surface area contributed by atoms with Crippen LogP contribution in [0.15, 0.2) is 35.5 Å². The molecule has 0 radical (unpaired) electrons. The fourth-order valence-corrected chi connectivity index (χ4v) is 4.14. The lowest BCUT2D eigenvalue weighted by molar-refractivity contribution is 0.289. The molecular formula is C16H24ClN5O3S. The number of aromatic nitrogens is 3. The molecule has 3 rings (SSSR count). The molecule has 0 spiro atoms. The number of rotatable bonds is 6. The average Bonchev–Trinajstić information content (AvgIpc) is 3.00. The third-order valence-corrected chi connectivity index (χ3v) is 5.88. The lowest BCUT2D eigenvalue weighted by atomic mass is 10.0. The highest BCUT2D eigenvalue weighted by Gasteiger charge is 2.26. The van der Waals surface area contributed by atoms with Crippen LogP contribution in [0.25, 0.3) is 0 Å². The van der Waals surface area contributed by atoms with Crippen LogP contribution >= 0.6 is 12.4 Å². The fourth-order valence-electron chi connectivity index (χ4n) is 2.79. The summed E-state index contributed by atoms with van der Waals surface area (Å²) in [6.45, 7) is 3.19. The molecule has 2 aromatic rings. The van der Waals surface area contributed by atoms with Crippen LogP contribution in [-0.4, -0.2) is 41.8 Å². The van der Waals surface area contributed by atoms with E-state index in [0.29, 0.717) is 11.6 Å². The van der Waals surface area contributed by atoms with E-state index >= 15 is 0 Å². The minimum atomic E-state index is -3.55. The lowest BCUT2D eigenvalue weighted by Gasteiger charge is -2.30. The SMILES string of the molecule is CC1NCCCC1NS(=O)(=O)c1ccc(OCc2ncnn2C)cc1.Cl. The number of halogens is 1. The number of benzene rings is 1. The van der Waals surface area contributed by atoms with Gasteiger partial charge in [0, 0.05) is 19.1 Å². The molecule has 1 fully saturated rings. The largest absolute Gasteiger partial charge is 0.486 e. The van der Waals surface area contributed by atoms with Gasteiger partial charge < -0.3 is 10.1 Å². The third-order valence-electron chi connectivity index (χ3n) is 4.38. The smallest absolute Gasteiger partial charge is 0.240 e. The molecule has 8 nitrogen and oxygen atoms in total. The summed E-state index contributed by atoms with van der Waals surface area (Å²) in [6, 6.07) is 6.42. The van der Waals surface area contributed by atoms with E-state index in [1.54, 1.807) is 36.0 Å². The Kier molecular flexibility index (Phi) is 6.99. The van der Waals surface area contributed by atoms with E-state index in [4.69, 9.17) is 4.74 Å². The Hall–Kier alpha value is -1.68. The summed E-state index contributed by atoms with van der Waals surface area (Å²) in [5.74, 6) is 1.27. The molecule has 0 bridgehead atoms. The van der Waals surface area contributed by atoms with E-state index in [1.807, 2.05) is 6.92 Å². The number of sulfonamides is 1. The van der Waals surface area contributed by atoms with Crippen molar-refractivity contribution in [3.63, 3.8) is 0 Å². The van der Waals surface area contributed by atoms with Gasteiger partial charge in [-0.3, -0.25) is 4.68 Å². The van der Waals surface area contributed by atoms with Crippen LogP contribution in [-0.2, 0) is 23.7 Å². The van der Waals surface area contributed by atoms with E-state index in [-0.39, 0.29) is 36.0 Å². The quantitative estimate of drug-likeness (QED) is 0.755. The van der Waals surface area contributed by atoms with E-state index in [9.17, 15) is 8.42 Å². The summed E-state index contributed by atoms with van der Waals surface area (Å²) in [5, 5.41) is 7.26. The molecule has 10 heteroatoms. The number of nitrogens with one attached hydrogen (secondary N) is 2. The predicted molar refractivity (Wildman–Crippen MR) is 99.8 cm³/mol. The zero-order chi connectivity index (χ0) is 17.9. The summed E-state index contributed by atoms with van der Waals surface area (Å²) in [6.07, 6.45) is 3.26. The van der Waals surface area contributed by atoms with Gasteiger partial charge in [0.05, 0.1) is 4.90 Å². The van der Waals surface area contributed by atoms with Gasteiger partial charge in [-0.05, 0) is 50.6 Å². The van der Waals surface area contributed by atoms with Crippen molar-refractivity contribution < 1.29 is 13.2 Å². The van der Waals surface area contributed by atoms with E-state index in [0.717, 1.165) is 19.4 Å². The second-order valence-electron chi connectivity index (χ2n) is 6.17. The van der Waals surface area contributed by atoms with Gasteiger partial charge in [-0.25, -0.2) is 18.1 Å². The maximum atomic E-state index is 12.5. The average molecular weight is 402 g/mol. The van der Waals surface area contributed by atoms with Crippen LogP contribution in [0.3, 0.4) is 0 Å². The van der Waals surface area contributed by atoms with Crippen LogP contribution in [0.4, 0.5) is 0 Å². The van der Waals surface area contributed by atoms with Crippen molar-refractivity contribution in [1.29, 1.82) is 0 Å². The molecule has 2 N–H and O–H groups in total. The fraction of sp³-hybridized carbons (Fsp3) is 0.500. The minimum Gasteiger partial charge on any atom is -0.486 e. The highest BCUT2D eigenvalue weighted by molar-refractivity contribution is 7.89.